The third-order valence-electron chi connectivity index (χ3n) is 2.32. The molecule has 0 radical (unpaired) electrons. The molecule has 0 unspecified atom stereocenters. The summed E-state index contributed by atoms with van der Waals surface area (Å²) in [6.07, 6.45) is 3.29. The van der Waals surface area contributed by atoms with Gasteiger partial charge in [-0.25, -0.2) is 0 Å². The molecule has 0 amide bonds. The predicted octanol–water partition coefficient (Wildman–Crippen LogP) is 2.96. The molecule has 0 aliphatic heterocycles. The Labute approximate surface area is 94.3 Å². The van der Waals surface area contributed by atoms with Gasteiger partial charge in [-0.3, -0.25) is 9.78 Å². The summed E-state index contributed by atoms with van der Waals surface area (Å²) in [6.45, 7) is 3.70. The lowest BCUT2D eigenvalue weighted by atomic mass is 10.0. The molecule has 0 fully saturated rings. The Hall–Kier alpha value is -2.22. The number of benzene rings is 1. The van der Waals surface area contributed by atoms with E-state index in [1.165, 1.54) is 0 Å². The van der Waals surface area contributed by atoms with Gasteiger partial charge in [0, 0.05) is 11.8 Å². The van der Waals surface area contributed by atoms with Crippen LogP contribution in [0.2, 0.25) is 0 Å². The molecule has 0 N–H and O–H groups in total. The maximum atomic E-state index is 12.1. The third kappa shape index (κ3) is 1.91. The van der Waals surface area contributed by atoms with Gasteiger partial charge in [0.2, 0.25) is 5.78 Å². The molecule has 78 valence electrons. The SMILES string of the molecule is C=Cc1ccccc1C(=O)c1ccccn1. The van der Waals surface area contributed by atoms with Gasteiger partial charge in [-0.1, -0.05) is 43.0 Å². The normalized spacial score (nSPS) is 9.75. The van der Waals surface area contributed by atoms with Crippen molar-refractivity contribution in [1.82, 2.24) is 4.98 Å². The molecule has 1 aromatic heterocycles. The molecule has 0 saturated carbocycles. The van der Waals surface area contributed by atoms with E-state index in [-0.39, 0.29) is 5.78 Å². The summed E-state index contributed by atoms with van der Waals surface area (Å²) in [5, 5.41) is 0. The first-order valence-electron chi connectivity index (χ1n) is 5.00. The minimum atomic E-state index is -0.0731. The second kappa shape index (κ2) is 4.53. The van der Waals surface area contributed by atoms with Crippen LogP contribution >= 0.6 is 0 Å². The molecular formula is C14H11NO. The van der Waals surface area contributed by atoms with E-state index < -0.39 is 0 Å². The van der Waals surface area contributed by atoms with E-state index in [0.29, 0.717) is 11.3 Å². The molecule has 2 nitrogen and oxygen atoms in total. The number of nitrogens with zero attached hydrogens (tertiary/aromatic N) is 1. The fraction of sp³-hybridized carbons (Fsp3) is 0. The van der Waals surface area contributed by atoms with Crippen LogP contribution in [-0.4, -0.2) is 10.8 Å². The van der Waals surface area contributed by atoms with Gasteiger partial charge in [0.15, 0.2) is 0 Å². The minimum absolute atomic E-state index is 0.0731. The van der Waals surface area contributed by atoms with Crippen molar-refractivity contribution >= 4 is 11.9 Å². The van der Waals surface area contributed by atoms with Gasteiger partial charge in [-0.05, 0) is 17.7 Å². The summed E-state index contributed by atoms with van der Waals surface area (Å²) >= 11 is 0. The molecule has 1 heterocycles. The molecule has 16 heavy (non-hydrogen) atoms. The Morgan fingerprint density at radius 2 is 1.88 bits per heavy atom. The highest BCUT2D eigenvalue weighted by Gasteiger charge is 2.11. The second-order valence-electron chi connectivity index (χ2n) is 3.34. The van der Waals surface area contributed by atoms with Crippen LogP contribution in [0.15, 0.2) is 55.2 Å². The highest BCUT2D eigenvalue weighted by atomic mass is 16.1. The summed E-state index contributed by atoms with van der Waals surface area (Å²) in [5.74, 6) is -0.0731. The smallest absolute Gasteiger partial charge is 0.211 e. The van der Waals surface area contributed by atoms with Crippen molar-refractivity contribution in [2.75, 3.05) is 0 Å². The van der Waals surface area contributed by atoms with Crippen LogP contribution in [0, 0.1) is 0 Å². The number of carbonyl (C=O) groups excluding carboxylic acids is 1. The second-order valence-corrected chi connectivity index (χ2v) is 3.34. The number of hydrogen-bond donors (Lipinski definition) is 0. The predicted molar refractivity (Wildman–Crippen MR) is 64.2 cm³/mol. The first-order chi connectivity index (χ1) is 7.83. The highest BCUT2D eigenvalue weighted by Crippen LogP contribution is 2.14. The topological polar surface area (TPSA) is 30.0 Å². The average Bonchev–Trinajstić information content (AvgIpc) is 2.39. The molecule has 0 atom stereocenters. The molecule has 0 spiro atoms. The van der Waals surface area contributed by atoms with Gasteiger partial charge in [0.25, 0.3) is 0 Å². The maximum Gasteiger partial charge on any atom is 0.211 e. The van der Waals surface area contributed by atoms with Crippen molar-refractivity contribution in [2.24, 2.45) is 0 Å². The Kier molecular flexibility index (Phi) is 2.92. The van der Waals surface area contributed by atoms with E-state index in [1.54, 1.807) is 36.5 Å². The van der Waals surface area contributed by atoms with E-state index >= 15 is 0 Å². The van der Waals surface area contributed by atoms with Crippen LogP contribution in [0.25, 0.3) is 6.08 Å². The Bertz CT molecular complexity index is 517. The van der Waals surface area contributed by atoms with Gasteiger partial charge in [0.05, 0.1) is 0 Å². The number of ketones is 1. The molecule has 0 aliphatic rings. The largest absolute Gasteiger partial charge is 0.287 e. The van der Waals surface area contributed by atoms with E-state index in [1.807, 2.05) is 18.2 Å². The third-order valence-corrected chi connectivity index (χ3v) is 2.32. The van der Waals surface area contributed by atoms with Crippen LogP contribution in [0.4, 0.5) is 0 Å². The number of carbonyl (C=O) groups is 1. The number of pyridine rings is 1. The summed E-state index contributed by atoms with van der Waals surface area (Å²) in [4.78, 5) is 16.2. The molecule has 2 rings (SSSR count). The van der Waals surface area contributed by atoms with Crippen molar-refractivity contribution < 1.29 is 4.79 Å². The maximum absolute atomic E-state index is 12.1. The molecule has 0 saturated heterocycles. The van der Waals surface area contributed by atoms with Crippen molar-refractivity contribution in [3.05, 3.63) is 72.1 Å². The highest BCUT2D eigenvalue weighted by molar-refractivity contribution is 6.09. The first-order valence-corrected chi connectivity index (χ1v) is 5.00. The lowest BCUT2D eigenvalue weighted by Gasteiger charge is -2.03. The number of rotatable bonds is 3. The monoisotopic (exact) mass is 209 g/mol. The van der Waals surface area contributed by atoms with E-state index in [2.05, 4.69) is 11.6 Å². The van der Waals surface area contributed by atoms with Gasteiger partial charge < -0.3 is 0 Å². The Morgan fingerprint density at radius 3 is 2.56 bits per heavy atom. The van der Waals surface area contributed by atoms with E-state index in [9.17, 15) is 4.79 Å². The molecule has 1 aromatic carbocycles. The minimum Gasteiger partial charge on any atom is -0.287 e. The van der Waals surface area contributed by atoms with Crippen molar-refractivity contribution in [3.8, 4) is 0 Å². The zero-order valence-corrected chi connectivity index (χ0v) is 8.76. The molecular weight excluding hydrogens is 198 g/mol. The van der Waals surface area contributed by atoms with E-state index in [4.69, 9.17) is 0 Å². The van der Waals surface area contributed by atoms with Crippen LogP contribution < -0.4 is 0 Å². The van der Waals surface area contributed by atoms with Gasteiger partial charge in [-0.2, -0.15) is 0 Å². The summed E-state index contributed by atoms with van der Waals surface area (Å²) < 4.78 is 0. The van der Waals surface area contributed by atoms with Gasteiger partial charge in [-0.15, -0.1) is 0 Å². The van der Waals surface area contributed by atoms with Crippen molar-refractivity contribution in [1.29, 1.82) is 0 Å². The summed E-state index contributed by atoms with van der Waals surface area (Å²) in [7, 11) is 0. The zero-order chi connectivity index (χ0) is 11.4. The van der Waals surface area contributed by atoms with Gasteiger partial charge >= 0.3 is 0 Å². The molecule has 0 aliphatic carbocycles. The average molecular weight is 209 g/mol. The first kappa shape index (κ1) is 10.3. The quantitative estimate of drug-likeness (QED) is 0.727. The van der Waals surface area contributed by atoms with Crippen LogP contribution in [0.1, 0.15) is 21.6 Å². The zero-order valence-electron chi connectivity index (χ0n) is 8.76. The fourth-order valence-electron chi connectivity index (χ4n) is 1.52. The standard InChI is InChI=1S/C14H11NO/c1-2-11-7-3-4-8-12(11)14(16)13-9-5-6-10-15-13/h2-10H,1H2. The summed E-state index contributed by atoms with van der Waals surface area (Å²) in [6, 6.07) is 12.7. The Morgan fingerprint density at radius 1 is 1.12 bits per heavy atom. The van der Waals surface area contributed by atoms with Crippen LogP contribution in [0.3, 0.4) is 0 Å². The van der Waals surface area contributed by atoms with Crippen molar-refractivity contribution in [3.63, 3.8) is 0 Å². The van der Waals surface area contributed by atoms with E-state index in [0.717, 1.165) is 5.56 Å². The lowest BCUT2D eigenvalue weighted by Crippen LogP contribution is -2.05. The molecule has 2 heteroatoms. The van der Waals surface area contributed by atoms with Crippen LogP contribution in [-0.2, 0) is 0 Å². The fourth-order valence-corrected chi connectivity index (χ4v) is 1.52. The lowest BCUT2D eigenvalue weighted by molar-refractivity contribution is 0.103. The summed E-state index contributed by atoms with van der Waals surface area (Å²) in [5.41, 5.74) is 1.92. The Balaban J connectivity index is 2.46. The van der Waals surface area contributed by atoms with Gasteiger partial charge in [0.1, 0.15) is 5.69 Å². The number of hydrogen-bond acceptors (Lipinski definition) is 2. The molecule has 2 aromatic rings. The van der Waals surface area contributed by atoms with Crippen LogP contribution in [0.5, 0.6) is 0 Å². The molecule has 0 bridgehead atoms. The number of aromatic nitrogens is 1. The van der Waals surface area contributed by atoms with Crippen molar-refractivity contribution in [2.45, 2.75) is 0 Å².